The van der Waals surface area contributed by atoms with Gasteiger partial charge in [-0.1, -0.05) is 6.07 Å². The number of anilines is 3. The minimum absolute atomic E-state index is 0.492. The van der Waals surface area contributed by atoms with E-state index >= 15 is 0 Å². The molecule has 2 aromatic rings. The highest BCUT2D eigenvalue weighted by molar-refractivity contribution is 5.84. The van der Waals surface area contributed by atoms with Gasteiger partial charge in [0.2, 0.25) is 0 Å². The molecule has 1 aromatic carbocycles. The molecule has 0 atom stereocenters. The first-order chi connectivity index (χ1) is 10.7. The fraction of sp³-hybridized carbons (Fsp3) is 0.333. The molecule has 1 aromatic heterocycles. The summed E-state index contributed by atoms with van der Waals surface area (Å²) >= 11 is 0. The second-order valence-electron chi connectivity index (χ2n) is 6.48. The summed E-state index contributed by atoms with van der Waals surface area (Å²) in [5.41, 5.74) is 3.51. The van der Waals surface area contributed by atoms with E-state index in [1.54, 1.807) is 12.3 Å². The molecule has 2 rings (SSSR count). The summed E-state index contributed by atoms with van der Waals surface area (Å²) in [6.45, 7) is 9.61. The number of carbonyl (C=O) groups excluding carboxylic acids is 1. The highest BCUT2D eigenvalue weighted by atomic mass is 16.6. The van der Waals surface area contributed by atoms with Gasteiger partial charge in [0.1, 0.15) is 11.4 Å². The molecule has 0 bridgehead atoms. The number of amides is 1. The molecule has 0 aliphatic carbocycles. The van der Waals surface area contributed by atoms with Crippen LogP contribution in [0.15, 0.2) is 36.5 Å². The van der Waals surface area contributed by atoms with Crippen molar-refractivity contribution >= 4 is 23.3 Å². The number of benzene rings is 1. The quantitative estimate of drug-likeness (QED) is 0.855. The molecule has 0 saturated carbocycles. The Morgan fingerprint density at radius 1 is 1.04 bits per heavy atom. The molecule has 1 amide bonds. The molecule has 5 nitrogen and oxygen atoms in total. The molecule has 23 heavy (non-hydrogen) atoms. The zero-order chi connectivity index (χ0) is 17.0. The molecule has 0 aliphatic heterocycles. The highest BCUT2D eigenvalue weighted by Gasteiger charge is 2.16. The van der Waals surface area contributed by atoms with Gasteiger partial charge in [-0.15, -0.1) is 0 Å². The smallest absolute Gasteiger partial charge is 0.412 e. The number of carbonyl (C=O) groups is 1. The van der Waals surface area contributed by atoms with E-state index in [4.69, 9.17) is 4.74 Å². The number of ether oxygens (including phenoxy) is 1. The van der Waals surface area contributed by atoms with Crippen molar-refractivity contribution in [3.63, 3.8) is 0 Å². The molecule has 0 aliphatic rings. The van der Waals surface area contributed by atoms with Crippen LogP contribution in [0.2, 0.25) is 0 Å². The van der Waals surface area contributed by atoms with Crippen molar-refractivity contribution in [2.24, 2.45) is 0 Å². The molecule has 0 saturated heterocycles. The van der Waals surface area contributed by atoms with Crippen LogP contribution in [0.3, 0.4) is 0 Å². The topological polar surface area (TPSA) is 63.2 Å². The normalized spacial score (nSPS) is 11.0. The third-order valence-corrected chi connectivity index (χ3v) is 3.19. The van der Waals surface area contributed by atoms with Crippen molar-refractivity contribution in [3.8, 4) is 0 Å². The fourth-order valence-corrected chi connectivity index (χ4v) is 1.93. The maximum absolute atomic E-state index is 11.7. The van der Waals surface area contributed by atoms with Gasteiger partial charge in [-0.25, -0.2) is 9.78 Å². The molecular formula is C18H23N3O2. The zero-order valence-corrected chi connectivity index (χ0v) is 14.2. The van der Waals surface area contributed by atoms with E-state index in [1.165, 1.54) is 11.1 Å². The van der Waals surface area contributed by atoms with E-state index in [9.17, 15) is 4.79 Å². The van der Waals surface area contributed by atoms with Crippen molar-refractivity contribution in [2.75, 3.05) is 10.6 Å². The first kappa shape index (κ1) is 16.8. The van der Waals surface area contributed by atoms with Gasteiger partial charge in [-0.3, -0.25) is 5.32 Å². The first-order valence-electron chi connectivity index (χ1n) is 7.53. The van der Waals surface area contributed by atoms with E-state index in [2.05, 4.69) is 41.6 Å². The van der Waals surface area contributed by atoms with E-state index < -0.39 is 11.7 Å². The predicted molar refractivity (Wildman–Crippen MR) is 93.3 cm³/mol. The number of hydrogen-bond donors (Lipinski definition) is 2. The second kappa shape index (κ2) is 6.69. The molecule has 122 valence electrons. The standard InChI is InChI=1S/C18H23N3O2/c1-12-6-7-14(10-13(12)2)20-16-9-8-15(11-19-16)21-17(22)23-18(3,4)5/h6-11H,1-5H3,(H,19,20)(H,21,22). The number of pyridine rings is 1. The lowest BCUT2D eigenvalue weighted by atomic mass is 10.1. The summed E-state index contributed by atoms with van der Waals surface area (Å²) in [6.07, 6.45) is 1.10. The van der Waals surface area contributed by atoms with Gasteiger partial charge in [0.15, 0.2) is 0 Å². The molecular weight excluding hydrogens is 290 g/mol. The number of rotatable bonds is 3. The maximum Gasteiger partial charge on any atom is 0.412 e. The summed E-state index contributed by atoms with van der Waals surface area (Å²) in [5, 5.41) is 5.89. The van der Waals surface area contributed by atoms with Crippen LogP contribution in [0, 0.1) is 13.8 Å². The molecule has 1 heterocycles. The minimum Gasteiger partial charge on any atom is -0.444 e. The minimum atomic E-state index is -0.525. The van der Waals surface area contributed by atoms with Crippen molar-refractivity contribution in [1.82, 2.24) is 4.98 Å². The van der Waals surface area contributed by atoms with E-state index in [0.29, 0.717) is 11.5 Å². The van der Waals surface area contributed by atoms with Gasteiger partial charge in [-0.05, 0) is 70.0 Å². The second-order valence-corrected chi connectivity index (χ2v) is 6.48. The van der Waals surface area contributed by atoms with Crippen LogP contribution >= 0.6 is 0 Å². The number of hydrogen-bond acceptors (Lipinski definition) is 4. The van der Waals surface area contributed by atoms with Crippen LogP contribution in [0.25, 0.3) is 0 Å². The number of aromatic nitrogens is 1. The van der Waals surface area contributed by atoms with Crippen molar-refractivity contribution in [2.45, 2.75) is 40.2 Å². The van der Waals surface area contributed by atoms with Gasteiger partial charge in [0, 0.05) is 5.69 Å². The number of aryl methyl sites for hydroxylation is 2. The fourth-order valence-electron chi connectivity index (χ4n) is 1.93. The molecule has 0 spiro atoms. The SMILES string of the molecule is Cc1ccc(Nc2ccc(NC(=O)OC(C)(C)C)cn2)cc1C. The Bertz CT molecular complexity index is 688. The molecule has 0 radical (unpaired) electrons. The lowest BCUT2D eigenvalue weighted by Crippen LogP contribution is -2.27. The Kier molecular flexibility index (Phi) is 4.89. The summed E-state index contributed by atoms with van der Waals surface area (Å²) in [4.78, 5) is 16.0. The average Bonchev–Trinajstić information content (AvgIpc) is 2.43. The van der Waals surface area contributed by atoms with Crippen LogP contribution in [0.5, 0.6) is 0 Å². The maximum atomic E-state index is 11.7. The third kappa shape index (κ3) is 5.29. The van der Waals surface area contributed by atoms with Crippen LogP contribution in [-0.4, -0.2) is 16.7 Å². The van der Waals surface area contributed by atoms with Gasteiger partial charge >= 0.3 is 6.09 Å². The lowest BCUT2D eigenvalue weighted by Gasteiger charge is -2.19. The summed E-state index contributed by atoms with van der Waals surface area (Å²) < 4.78 is 5.20. The monoisotopic (exact) mass is 313 g/mol. The number of nitrogens with zero attached hydrogens (tertiary/aromatic N) is 1. The summed E-state index contributed by atoms with van der Waals surface area (Å²) in [7, 11) is 0. The summed E-state index contributed by atoms with van der Waals surface area (Å²) in [5.74, 6) is 0.711. The molecule has 5 heteroatoms. The molecule has 2 N–H and O–H groups in total. The van der Waals surface area contributed by atoms with E-state index in [-0.39, 0.29) is 0 Å². The molecule has 0 unspecified atom stereocenters. The van der Waals surface area contributed by atoms with Crippen molar-refractivity contribution in [1.29, 1.82) is 0 Å². The third-order valence-electron chi connectivity index (χ3n) is 3.19. The van der Waals surface area contributed by atoms with Crippen LogP contribution in [-0.2, 0) is 4.74 Å². The first-order valence-corrected chi connectivity index (χ1v) is 7.53. The van der Waals surface area contributed by atoms with Crippen LogP contribution in [0.1, 0.15) is 31.9 Å². The Balaban J connectivity index is 1.99. The molecule has 0 fully saturated rings. The van der Waals surface area contributed by atoms with E-state index in [1.807, 2.05) is 32.9 Å². The van der Waals surface area contributed by atoms with Gasteiger partial charge < -0.3 is 10.1 Å². The van der Waals surface area contributed by atoms with Crippen molar-refractivity contribution < 1.29 is 9.53 Å². The van der Waals surface area contributed by atoms with Gasteiger partial charge in [-0.2, -0.15) is 0 Å². The highest BCUT2D eigenvalue weighted by Crippen LogP contribution is 2.19. The average molecular weight is 313 g/mol. The largest absolute Gasteiger partial charge is 0.444 e. The van der Waals surface area contributed by atoms with Gasteiger partial charge in [0.25, 0.3) is 0 Å². The summed E-state index contributed by atoms with van der Waals surface area (Å²) in [6, 6.07) is 9.74. The van der Waals surface area contributed by atoms with Crippen LogP contribution in [0.4, 0.5) is 22.0 Å². The van der Waals surface area contributed by atoms with E-state index in [0.717, 1.165) is 5.69 Å². The Morgan fingerprint density at radius 2 is 1.74 bits per heavy atom. The lowest BCUT2D eigenvalue weighted by molar-refractivity contribution is 0.0636. The van der Waals surface area contributed by atoms with Crippen LogP contribution < -0.4 is 10.6 Å². The Labute approximate surface area is 137 Å². The number of nitrogens with one attached hydrogen (secondary N) is 2. The Morgan fingerprint density at radius 3 is 2.30 bits per heavy atom. The van der Waals surface area contributed by atoms with Crippen molar-refractivity contribution in [3.05, 3.63) is 47.7 Å². The Hall–Kier alpha value is -2.56. The zero-order valence-electron chi connectivity index (χ0n) is 14.2. The predicted octanol–water partition coefficient (Wildman–Crippen LogP) is 4.79. The van der Waals surface area contributed by atoms with Gasteiger partial charge in [0.05, 0.1) is 11.9 Å².